The summed E-state index contributed by atoms with van der Waals surface area (Å²) in [6.45, 7) is 2.47. The zero-order valence-corrected chi connectivity index (χ0v) is 12.0. The van der Waals surface area contributed by atoms with Crippen LogP contribution < -0.4 is 5.69 Å². The Kier molecular flexibility index (Phi) is 4.46. The van der Waals surface area contributed by atoms with Gasteiger partial charge in [0, 0.05) is 12.7 Å². The van der Waals surface area contributed by atoms with Gasteiger partial charge < -0.3 is 5.11 Å². The van der Waals surface area contributed by atoms with Crippen molar-refractivity contribution in [2.24, 2.45) is 0 Å². The van der Waals surface area contributed by atoms with Crippen LogP contribution in [0.3, 0.4) is 0 Å². The van der Waals surface area contributed by atoms with Gasteiger partial charge in [0.2, 0.25) is 0 Å². The maximum Gasteiger partial charge on any atom is 0.343 e. The lowest BCUT2D eigenvalue weighted by Gasteiger charge is -2.04. The van der Waals surface area contributed by atoms with Gasteiger partial charge in [-0.1, -0.05) is 18.5 Å². The summed E-state index contributed by atoms with van der Waals surface area (Å²) in [5.41, 5.74) is -0.342. The van der Waals surface area contributed by atoms with Crippen molar-refractivity contribution in [2.45, 2.75) is 30.1 Å². The van der Waals surface area contributed by atoms with E-state index in [-0.39, 0.29) is 16.3 Å². The molecule has 0 fully saturated rings. The van der Waals surface area contributed by atoms with Gasteiger partial charge in [-0.05, 0) is 24.2 Å². The number of carbonyl (C=O) groups is 1. The van der Waals surface area contributed by atoms with E-state index < -0.39 is 5.97 Å². The second-order valence-corrected chi connectivity index (χ2v) is 5.27. The lowest BCUT2D eigenvalue weighted by atomic mass is 10.3. The maximum atomic E-state index is 11.5. The summed E-state index contributed by atoms with van der Waals surface area (Å²) in [6.07, 6.45) is 2.05. The minimum atomic E-state index is -1.13. The molecule has 2 N–H and O–H groups in total. The standard InChI is InChI=1S/C11H11ClN4O3S/c1-2-3-16-10(19)14-15-11(16)20-8-4-6(9(17)18)7(12)5-13-8/h4-5H,2-3H2,1H3,(H,14,19)(H,17,18). The van der Waals surface area contributed by atoms with Crippen LogP contribution >= 0.6 is 23.4 Å². The fraction of sp³-hybridized carbons (Fsp3) is 0.273. The summed E-state index contributed by atoms with van der Waals surface area (Å²) >= 11 is 6.85. The lowest BCUT2D eigenvalue weighted by molar-refractivity contribution is 0.0696. The third kappa shape index (κ3) is 3.02. The molecule has 7 nitrogen and oxygen atoms in total. The van der Waals surface area contributed by atoms with Gasteiger partial charge in [0.25, 0.3) is 0 Å². The second kappa shape index (κ2) is 6.10. The molecular weight excluding hydrogens is 304 g/mol. The first kappa shape index (κ1) is 14.6. The van der Waals surface area contributed by atoms with E-state index in [1.165, 1.54) is 16.8 Å². The Hall–Kier alpha value is -1.80. The van der Waals surface area contributed by atoms with Crippen LogP contribution in [0.25, 0.3) is 0 Å². The molecule has 20 heavy (non-hydrogen) atoms. The molecule has 9 heteroatoms. The minimum absolute atomic E-state index is 0.0379. The number of halogens is 1. The topological polar surface area (TPSA) is 101 Å². The number of aromatic amines is 1. The predicted octanol–water partition coefficient (Wildman–Crippen LogP) is 1.88. The van der Waals surface area contributed by atoms with E-state index in [4.69, 9.17) is 16.7 Å². The number of pyridine rings is 1. The Bertz CT molecular complexity index is 697. The van der Waals surface area contributed by atoms with E-state index in [1.807, 2.05) is 6.92 Å². The maximum absolute atomic E-state index is 11.5. The number of nitrogens with one attached hydrogen (secondary N) is 1. The highest BCUT2D eigenvalue weighted by Crippen LogP contribution is 2.26. The van der Waals surface area contributed by atoms with E-state index in [1.54, 1.807) is 0 Å². The van der Waals surface area contributed by atoms with Crippen LogP contribution in [-0.4, -0.2) is 30.8 Å². The summed E-state index contributed by atoms with van der Waals surface area (Å²) in [5, 5.41) is 16.2. The molecular formula is C11H11ClN4O3S. The first-order valence-corrected chi connectivity index (χ1v) is 6.94. The predicted molar refractivity (Wildman–Crippen MR) is 73.5 cm³/mol. The second-order valence-electron chi connectivity index (χ2n) is 3.87. The molecule has 0 saturated heterocycles. The number of aromatic nitrogens is 4. The van der Waals surface area contributed by atoms with Gasteiger partial charge in [-0.15, -0.1) is 5.10 Å². The molecule has 0 aliphatic heterocycles. The molecule has 0 bridgehead atoms. The van der Waals surface area contributed by atoms with Crippen molar-refractivity contribution in [1.29, 1.82) is 0 Å². The van der Waals surface area contributed by atoms with E-state index in [0.29, 0.717) is 16.7 Å². The smallest absolute Gasteiger partial charge is 0.343 e. The molecule has 0 aliphatic carbocycles. The van der Waals surface area contributed by atoms with Crippen molar-refractivity contribution in [2.75, 3.05) is 0 Å². The van der Waals surface area contributed by atoms with Crippen molar-refractivity contribution in [3.8, 4) is 0 Å². The Morgan fingerprint density at radius 2 is 2.35 bits per heavy atom. The molecule has 0 unspecified atom stereocenters. The number of nitrogens with zero attached hydrogens (tertiary/aromatic N) is 3. The van der Waals surface area contributed by atoms with E-state index in [9.17, 15) is 9.59 Å². The molecule has 0 radical (unpaired) electrons. The SMILES string of the molecule is CCCn1c(Sc2cc(C(=O)O)c(Cl)cn2)n[nH]c1=O. The first-order valence-electron chi connectivity index (χ1n) is 5.74. The first-order chi connectivity index (χ1) is 9.52. The average molecular weight is 315 g/mol. The van der Waals surface area contributed by atoms with Gasteiger partial charge >= 0.3 is 11.7 Å². The van der Waals surface area contributed by atoms with Crippen molar-refractivity contribution in [1.82, 2.24) is 19.7 Å². The summed E-state index contributed by atoms with van der Waals surface area (Å²) in [5.74, 6) is -1.13. The molecule has 2 heterocycles. The summed E-state index contributed by atoms with van der Waals surface area (Å²) in [7, 11) is 0. The molecule has 2 rings (SSSR count). The normalized spacial score (nSPS) is 10.7. The fourth-order valence-electron chi connectivity index (χ4n) is 1.53. The number of hydrogen-bond acceptors (Lipinski definition) is 5. The molecule has 106 valence electrons. The largest absolute Gasteiger partial charge is 0.478 e. The highest BCUT2D eigenvalue weighted by Gasteiger charge is 2.14. The minimum Gasteiger partial charge on any atom is -0.478 e. The molecule has 0 aliphatic rings. The van der Waals surface area contributed by atoms with E-state index >= 15 is 0 Å². The summed E-state index contributed by atoms with van der Waals surface area (Å²) in [4.78, 5) is 26.6. The molecule has 0 saturated carbocycles. The Labute approximate surface area is 123 Å². The average Bonchev–Trinajstić information content (AvgIpc) is 2.74. The van der Waals surface area contributed by atoms with Crippen LogP contribution in [0.5, 0.6) is 0 Å². The number of H-pyrrole nitrogens is 1. The van der Waals surface area contributed by atoms with E-state index in [0.717, 1.165) is 18.2 Å². The third-order valence-electron chi connectivity index (χ3n) is 2.43. The van der Waals surface area contributed by atoms with Crippen LogP contribution in [0, 0.1) is 0 Å². The van der Waals surface area contributed by atoms with Crippen molar-refractivity contribution in [3.05, 3.63) is 33.3 Å². The Morgan fingerprint density at radius 1 is 1.60 bits per heavy atom. The molecule has 0 amide bonds. The van der Waals surface area contributed by atoms with Gasteiger partial charge in [-0.25, -0.2) is 19.7 Å². The van der Waals surface area contributed by atoms with Gasteiger partial charge in [0.1, 0.15) is 5.03 Å². The van der Waals surface area contributed by atoms with Gasteiger partial charge in [-0.3, -0.25) is 4.57 Å². The van der Waals surface area contributed by atoms with Crippen molar-refractivity contribution < 1.29 is 9.90 Å². The van der Waals surface area contributed by atoms with Gasteiger partial charge in [0.15, 0.2) is 5.16 Å². The van der Waals surface area contributed by atoms with Crippen LogP contribution in [0.4, 0.5) is 0 Å². The quantitative estimate of drug-likeness (QED) is 0.873. The number of rotatable bonds is 5. The number of aromatic carboxylic acids is 1. The van der Waals surface area contributed by atoms with Gasteiger partial charge in [0.05, 0.1) is 10.6 Å². The monoisotopic (exact) mass is 314 g/mol. The highest BCUT2D eigenvalue weighted by molar-refractivity contribution is 7.99. The van der Waals surface area contributed by atoms with Crippen LogP contribution in [-0.2, 0) is 6.54 Å². The highest BCUT2D eigenvalue weighted by atomic mass is 35.5. The molecule has 2 aromatic rings. The Balaban J connectivity index is 2.33. The third-order valence-corrected chi connectivity index (χ3v) is 3.65. The molecule has 0 aromatic carbocycles. The lowest BCUT2D eigenvalue weighted by Crippen LogP contribution is -2.17. The zero-order valence-electron chi connectivity index (χ0n) is 10.5. The number of carboxylic acids is 1. The van der Waals surface area contributed by atoms with Crippen LogP contribution in [0.1, 0.15) is 23.7 Å². The zero-order chi connectivity index (χ0) is 14.7. The van der Waals surface area contributed by atoms with Crippen molar-refractivity contribution in [3.63, 3.8) is 0 Å². The Morgan fingerprint density at radius 3 is 3.00 bits per heavy atom. The van der Waals surface area contributed by atoms with Gasteiger partial charge in [-0.2, -0.15) is 0 Å². The summed E-state index contributed by atoms with van der Waals surface area (Å²) < 4.78 is 1.47. The van der Waals surface area contributed by atoms with Crippen molar-refractivity contribution >= 4 is 29.3 Å². The molecule has 0 atom stereocenters. The van der Waals surface area contributed by atoms with Crippen LogP contribution in [0.15, 0.2) is 27.2 Å². The number of carboxylic acid groups (broad SMARTS) is 1. The van der Waals surface area contributed by atoms with E-state index in [2.05, 4.69) is 15.2 Å². The van der Waals surface area contributed by atoms with Crippen LogP contribution in [0.2, 0.25) is 5.02 Å². The summed E-state index contributed by atoms with van der Waals surface area (Å²) in [6, 6.07) is 1.35. The number of hydrogen-bond donors (Lipinski definition) is 2. The fourth-order valence-corrected chi connectivity index (χ4v) is 2.56. The molecule has 0 spiro atoms. The molecule has 2 aromatic heterocycles.